The molecule has 10 nitrogen and oxygen atoms in total. The van der Waals surface area contributed by atoms with E-state index >= 15 is 0 Å². The Hall–Kier alpha value is -3.74. The summed E-state index contributed by atoms with van der Waals surface area (Å²) < 4.78 is 40.5. The minimum Gasteiger partial charge on any atom is -0.363 e. The van der Waals surface area contributed by atoms with E-state index in [0.29, 0.717) is 35.3 Å². The number of nitro groups is 1. The highest BCUT2D eigenvalue weighted by atomic mass is 19.4. The Morgan fingerprint density at radius 2 is 1.82 bits per heavy atom. The second-order valence-electron chi connectivity index (χ2n) is 9.78. The van der Waals surface area contributed by atoms with Gasteiger partial charge < -0.3 is 20.0 Å². The smallest absolute Gasteiger partial charge is 0.363 e. The number of non-ortho nitro benzene ring substituents is 1. The zero-order chi connectivity index (χ0) is 27.6. The summed E-state index contributed by atoms with van der Waals surface area (Å²) in [6, 6.07) is 3.78. The van der Waals surface area contributed by atoms with E-state index in [1.165, 1.54) is 0 Å². The van der Waals surface area contributed by atoms with Crippen LogP contribution in [-0.4, -0.2) is 72.1 Å². The summed E-state index contributed by atoms with van der Waals surface area (Å²) in [4.78, 5) is 30.6. The monoisotopic (exact) mass is 532 g/mol. The number of pyridine rings is 1. The molecule has 1 atom stereocenters. The quantitative estimate of drug-likeness (QED) is 0.310. The lowest BCUT2D eigenvalue weighted by molar-refractivity contribution is -0.385. The van der Waals surface area contributed by atoms with Crippen molar-refractivity contribution in [1.82, 2.24) is 19.9 Å². The SMILES string of the molecule is C[C@@H](Nc1nc(N(C)CCN(C)C)nc2cnc(N3CCCC3)cc12)c1cc([N+](=O)[O-])cc(C(F)(F)F)c1. The maximum atomic E-state index is 13.5. The van der Waals surface area contributed by atoms with Crippen LogP contribution in [-0.2, 0) is 6.18 Å². The average Bonchev–Trinajstić information content (AvgIpc) is 3.41. The van der Waals surface area contributed by atoms with E-state index < -0.39 is 28.4 Å². The first kappa shape index (κ1) is 27.3. The van der Waals surface area contributed by atoms with Crippen LogP contribution in [0.3, 0.4) is 0 Å². The fourth-order valence-corrected chi connectivity index (χ4v) is 4.30. The summed E-state index contributed by atoms with van der Waals surface area (Å²) in [5.41, 5.74) is -0.998. The minimum absolute atomic E-state index is 0.120. The Morgan fingerprint density at radius 3 is 2.45 bits per heavy atom. The second kappa shape index (κ2) is 10.9. The molecule has 1 aliphatic heterocycles. The molecule has 1 N–H and O–H groups in total. The van der Waals surface area contributed by atoms with Gasteiger partial charge in [-0.15, -0.1) is 0 Å². The van der Waals surface area contributed by atoms with E-state index in [2.05, 4.69) is 20.2 Å². The van der Waals surface area contributed by atoms with Gasteiger partial charge in [-0.2, -0.15) is 18.2 Å². The highest BCUT2D eigenvalue weighted by Crippen LogP contribution is 2.35. The number of aromatic nitrogens is 3. The van der Waals surface area contributed by atoms with Crippen molar-refractivity contribution in [3.8, 4) is 0 Å². The van der Waals surface area contributed by atoms with Gasteiger partial charge in [0.15, 0.2) is 0 Å². The molecule has 4 rings (SSSR count). The van der Waals surface area contributed by atoms with E-state index in [0.717, 1.165) is 50.4 Å². The fraction of sp³-hybridized carbons (Fsp3) is 0.480. The maximum Gasteiger partial charge on any atom is 0.416 e. The van der Waals surface area contributed by atoms with Gasteiger partial charge in [-0.25, -0.2) is 9.97 Å². The molecule has 1 saturated heterocycles. The first-order chi connectivity index (χ1) is 17.9. The molecular weight excluding hydrogens is 501 g/mol. The number of halogens is 3. The molecule has 2 aromatic heterocycles. The third-order valence-electron chi connectivity index (χ3n) is 6.54. The van der Waals surface area contributed by atoms with Gasteiger partial charge in [-0.1, -0.05) is 0 Å². The van der Waals surface area contributed by atoms with Crippen molar-refractivity contribution < 1.29 is 18.1 Å². The van der Waals surface area contributed by atoms with E-state index in [-0.39, 0.29) is 5.56 Å². The van der Waals surface area contributed by atoms with Crippen LogP contribution in [0.2, 0.25) is 0 Å². The van der Waals surface area contributed by atoms with Gasteiger partial charge in [0.2, 0.25) is 5.95 Å². The lowest BCUT2D eigenvalue weighted by Crippen LogP contribution is -2.30. The number of anilines is 3. The third kappa shape index (κ3) is 6.21. The maximum absolute atomic E-state index is 13.5. The Labute approximate surface area is 218 Å². The molecule has 13 heteroatoms. The van der Waals surface area contributed by atoms with E-state index in [1.54, 1.807) is 13.1 Å². The topological polar surface area (TPSA) is 104 Å². The lowest BCUT2D eigenvalue weighted by Gasteiger charge is -2.23. The molecular formula is C25H31F3N8O2. The number of alkyl halides is 3. The molecule has 38 heavy (non-hydrogen) atoms. The van der Waals surface area contributed by atoms with E-state index in [9.17, 15) is 23.3 Å². The van der Waals surface area contributed by atoms with Gasteiger partial charge in [-0.3, -0.25) is 10.1 Å². The molecule has 0 amide bonds. The van der Waals surface area contributed by atoms with Gasteiger partial charge in [0.05, 0.1) is 28.2 Å². The van der Waals surface area contributed by atoms with Crippen molar-refractivity contribution in [2.24, 2.45) is 0 Å². The number of benzene rings is 1. The predicted octanol–water partition coefficient (Wildman–Crippen LogP) is 4.72. The molecule has 204 valence electrons. The molecule has 1 aromatic carbocycles. The van der Waals surface area contributed by atoms with Crippen LogP contribution in [0.25, 0.3) is 10.9 Å². The van der Waals surface area contributed by atoms with Crippen LogP contribution in [0.4, 0.5) is 36.4 Å². The Morgan fingerprint density at radius 1 is 1.11 bits per heavy atom. The van der Waals surface area contributed by atoms with Crippen molar-refractivity contribution in [3.05, 3.63) is 51.7 Å². The summed E-state index contributed by atoms with van der Waals surface area (Å²) >= 11 is 0. The zero-order valence-electron chi connectivity index (χ0n) is 21.8. The van der Waals surface area contributed by atoms with Crippen LogP contribution in [0.1, 0.15) is 36.9 Å². The van der Waals surface area contributed by atoms with Crippen molar-refractivity contribution >= 4 is 34.2 Å². The van der Waals surface area contributed by atoms with Crippen LogP contribution in [0.15, 0.2) is 30.5 Å². The first-order valence-corrected chi connectivity index (χ1v) is 12.3. The molecule has 0 unspecified atom stereocenters. The van der Waals surface area contributed by atoms with Gasteiger partial charge in [0, 0.05) is 50.7 Å². The minimum atomic E-state index is -4.72. The third-order valence-corrected chi connectivity index (χ3v) is 6.54. The Kier molecular flexibility index (Phi) is 7.86. The van der Waals surface area contributed by atoms with Crippen LogP contribution in [0.5, 0.6) is 0 Å². The molecule has 0 spiro atoms. The van der Waals surface area contributed by atoms with Gasteiger partial charge >= 0.3 is 6.18 Å². The van der Waals surface area contributed by atoms with Crippen molar-refractivity contribution in [2.45, 2.75) is 32.0 Å². The highest BCUT2D eigenvalue weighted by Gasteiger charge is 2.33. The van der Waals surface area contributed by atoms with Crippen LogP contribution < -0.4 is 15.1 Å². The molecule has 3 aromatic rings. The second-order valence-corrected chi connectivity index (χ2v) is 9.78. The summed E-state index contributed by atoms with van der Waals surface area (Å²) in [5, 5.41) is 15.2. The first-order valence-electron chi connectivity index (χ1n) is 12.3. The zero-order valence-corrected chi connectivity index (χ0v) is 21.8. The summed E-state index contributed by atoms with van der Waals surface area (Å²) in [6.07, 6.45) is -0.899. The molecule has 0 radical (unpaired) electrons. The molecule has 0 aliphatic carbocycles. The molecule has 0 saturated carbocycles. The van der Waals surface area contributed by atoms with Crippen molar-refractivity contribution in [2.75, 3.05) is 62.4 Å². The fourth-order valence-electron chi connectivity index (χ4n) is 4.30. The van der Waals surface area contributed by atoms with E-state index in [4.69, 9.17) is 4.98 Å². The lowest BCUT2D eigenvalue weighted by atomic mass is 10.0. The molecule has 1 aliphatic rings. The van der Waals surface area contributed by atoms with Crippen molar-refractivity contribution in [3.63, 3.8) is 0 Å². The molecule has 0 bridgehead atoms. The number of hydrogen-bond donors (Lipinski definition) is 1. The number of nitro benzene ring substituents is 1. The summed E-state index contributed by atoms with van der Waals surface area (Å²) in [6.45, 7) is 4.82. The standard InChI is InChI=1S/C25H31F3N8O2/c1-16(17-11-18(25(26,27)28)13-19(12-17)36(37)38)30-23-20-14-22(35-7-5-6-8-35)29-15-21(20)31-24(32-23)34(4)10-9-33(2)3/h11-16H,5-10H2,1-4H3,(H,30,31,32)/t16-/m1/s1. The molecule has 3 heterocycles. The summed E-state index contributed by atoms with van der Waals surface area (Å²) in [7, 11) is 5.78. The number of nitrogens with zero attached hydrogens (tertiary/aromatic N) is 7. The Balaban J connectivity index is 1.76. The average molecular weight is 533 g/mol. The number of nitrogens with one attached hydrogen (secondary N) is 1. The number of likely N-dealkylation sites (N-methyl/N-ethyl adjacent to an activating group) is 2. The van der Waals surface area contributed by atoms with Crippen LogP contribution >= 0.6 is 0 Å². The van der Waals surface area contributed by atoms with Gasteiger partial charge in [-0.05, 0) is 51.6 Å². The summed E-state index contributed by atoms with van der Waals surface area (Å²) in [5.74, 6) is 1.62. The Bertz CT molecular complexity index is 1310. The number of rotatable bonds is 9. The van der Waals surface area contributed by atoms with Crippen LogP contribution in [0, 0.1) is 10.1 Å². The molecule has 1 fully saturated rings. The van der Waals surface area contributed by atoms with Gasteiger partial charge in [0.25, 0.3) is 5.69 Å². The van der Waals surface area contributed by atoms with E-state index in [1.807, 2.05) is 37.0 Å². The highest BCUT2D eigenvalue weighted by molar-refractivity contribution is 5.91. The number of fused-ring (bicyclic) bond motifs is 1. The van der Waals surface area contributed by atoms with Crippen molar-refractivity contribution in [1.29, 1.82) is 0 Å². The predicted molar refractivity (Wildman–Crippen MR) is 141 cm³/mol. The normalized spacial score (nSPS) is 14.8. The number of hydrogen-bond acceptors (Lipinski definition) is 9. The van der Waals surface area contributed by atoms with Gasteiger partial charge in [0.1, 0.15) is 11.6 Å². The largest absolute Gasteiger partial charge is 0.416 e.